The number of hydrogen-bond acceptors (Lipinski definition) is 6. The van der Waals surface area contributed by atoms with Gasteiger partial charge in [0, 0.05) is 61.3 Å². The minimum Gasteiger partial charge on any atom is -0.366 e. The topological polar surface area (TPSA) is 112 Å². The number of nitrogens with zero attached hydrogens (tertiary/aromatic N) is 5. The number of anilines is 1. The highest BCUT2D eigenvalue weighted by Gasteiger charge is 2.34. The quantitative estimate of drug-likeness (QED) is 0.389. The zero-order valence-electron chi connectivity index (χ0n) is 19.3. The molecule has 3 rings (SSSR count). The van der Waals surface area contributed by atoms with Gasteiger partial charge >= 0.3 is 12.2 Å². The fourth-order valence-electron chi connectivity index (χ4n) is 2.80. The SMILES string of the molecule is CCNC(=O)Nc1cc(-c2nc(C(F)(F)F)cs2)c(-c2cncc(C(=O)/N=C(/C)N(C)C)c2)cn1. The molecule has 35 heavy (non-hydrogen) atoms. The van der Waals surface area contributed by atoms with Gasteiger partial charge in [-0.2, -0.15) is 18.2 Å². The highest BCUT2D eigenvalue weighted by Crippen LogP contribution is 2.38. The smallest absolute Gasteiger partial charge is 0.366 e. The fraction of sp³-hybridized carbons (Fsp3) is 0.273. The number of amidine groups is 1. The van der Waals surface area contributed by atoms with Gasteiger partial charge in [0.15, 0.2) is 5.69 Å². The first-order valence-electron chi connectivity index (χ1n) is 10.3. The number of rotatable bonds is 5. The molecule has 0 spiro atoms. The number of alkyl halides is 3. The van der Waals surface area contributed by atoms with E-state index in [1.54, 1.807) is 32.8 Å². The summed E-state index contributed by atoms with van der Waals surface area (Å²) < 4.78 is 39.5. The monoisotopic (exact) mass is 505 g/mol. The van der Waals surface area contributed by atoms with Gasteiger partial charge in [-0.3, -0.25) is 15.1 Å². The summed E-state index contributed by atoms with van der Waals surface area (Å²) in [6.07, 6.45) is -0.429. The van der Waals surface area contributed by atoms with Crippen LogP contribution in [-0.2, 0) is 6.18 Å². The van der Waals surface area contributed by atoms with Gasteiger partial charge < -0.3 is 10.2 Å². The highest BCUT2D eigenvalue weighted by atomic mass is 32.1. The van der Waals surface area contributed by atoms with Crippen molar-refractivity contribution in [3.63, 3.8) is 0 Å². The summed E-state index contributed by atoms with van der Waals surface area (Å²) in [5.74, 6) is 0.0825. The predicted molar refractivity (Wildman–Crippen MR) is 127 cm³/mol. The van der Waals surface area contributed by atoms with E-state index < -0.39 is 23.8 Å². The van der Waals surface area contributed by atoms with E-state index in [0.29, 0.717) is 23.5 Å². The number of thiazole rings is 1. The van der Waals surface area contributed by atoms with Crippen LogP contribution in [0.4, 0.5) is 23.8 Å². The number of halogens is 3. The molecule has 0 saturated heterocycles. The maximum Gasteiger partial charge on any atom is 0.434 e. The Hall–Kier alpha value is -3.87. The highest BCUT2D eigenvalue weighted by molar-refractivity contribution is 7.13. The van der Waals surface area contributed by atoms with Crippen molar-refractivity contribution in [2.45, 2.75) is 20.0 Å². The van der Waals surface area contributed by atoms with Crippen LogP contribution in [0, 0.1) is 0 Å². The average Bonchev–Trinajstić information content (AvgIpc) is 3.30. The Morgan fingerprint density at radius 2 is 1.89 bits per heavy atom. The van der Waals surface area contributed by atoms with Gasteiger partial charge in [0.2, 0.25) is 0 Å². The van der Waals surface area contributed by atoms with Crippen LogP contribution in [0.5, 0.6) is 0 Å². The molecule has 0 aliphatic heterocycles. The summed E-state index contributed by atoms with van der Waals surface area (Å²) in [6.45, 7) is 3.79. The molecule has 3 amide bonds. The number of amides is 3. The minimum absolute atomic E-state index is 0.0619. The molecule has 0 radical (unpaired) electrons. The number of carbonyl (C=O) groups excluding carboxylic acids is 2. The van der Waals surface area contributed by atoms with Crippen molar-refractivity contribution in [1.82, 2.24) is 25.2 Å². The first-order valence-corrected chi connectivity index (χ1v) is 11.2. The molecule has 13 heteroatoms. The normalized spacial score (nSPS) is 11.8. The van der Waals surface area contributed by atoms with Gasteiger partial charge in [-0.25, -0.2) is 14.8 Å². The maximum atomic E-state index is 13.2. The molecule has 0 fully saturated rings. The average molecular weight is 506 g/mol. The number of aromatic nitrogens is 3. The van der Waals surface area contributed by atoms with Crippen LogP contribution in [0.3, 0.4) is 0 Å². The van der Waals surface area contributed by atoms with Crippen molar-refractivity contribution in [1.29, 1.82) is 0 Å². The zero-order chi connectivity index (χ0) is 25.8. The number of pyridine rings is 2. The van der Waals surface area contributed by atoms with E-state index in [1.807, 2.05) is 0 Å². The van der Waals surface area contributed by atoms with Crippen LogP contribution < -0.4 is 10.6 Å². The molecule has 0 aliphatic rings. The predicted octanol–water partition coefficient (Wildman–Crippen LogP) is 4.55. The van der Waals surface area contributed by atoms with E-state index in [4.69, 9.17) is 0 Å². The zero-order valence-corrected chi connectivity index (χ0v) is 20.1. The van der Waals surface area contributed by atoms with Crippen molar-refractivity contribution in [2.75, 3.05) is 26.0 Å². The van der Waals surface area contributed by atoms with Crippen molar-refractivity contribution >= 4 is 34.9 Å². The van der Waals surface area contributed by atoms with Gasteiger partial charge in [-0.1, -0.05) is 0 Å². The standard InChI is InChI=1S/C22H22F3N7O2S/c1-5-27-21(34)31-18-7-15(20-30-17(11-35-20)22(23,24)25)16(10-28-18)13-6-14(9-26-8-13)19(33)29-12(2)32(3)4/h6-11H,5H2,1-4H3,(H2,27,28,31,34)/b29-12-. The second-order valence-corrected chi connectivity index (χ2v) is 8.31. The largest absolute Gasteiger partial charge is 0.434 e. The molecular weight excluding hydrogens is 483 g/mol. The second-order valence-electron chi connectivity index (χ2n) is 7.46. The Morgan fingerprint density at radius 3 is 2.51 bits per heavy atom. The second kappa shape index (κ2) is 10.6. The lowest BCUT2D eigenvalue weighted by atomic mass is 10.0. The summed E-state index contributed by atoms with van der Waals surface area (Å²) >= 11 is 0.796. The van der Waals surface area contributed by atoms with Crippen LogP contribution in [0.25, 0.3) is 21.7 Å². The van der Waals surface area contributed by atoms with Crippen LogP contribution in [-0.4, -0.2) is 58.3 Å². The van der Waals surface area contributed by atoms with Gasteiger partial charge in [0.25, 0.3) is 5.91 Å². The molecule has 0 unspecified atom stereocenters. The number of hydrogen-bond donors (Lipinski definition) is 2. The van der Waals surface area contributed by atoms with Crippen molar-refractivity contribution < 1.29 is 22.8 Å². The first kappa shape index (κ1) is 25.7. The van der Waals surface area contributed by atoms with Gasteiger partial charge in [-0.15, -0.1) is 11.3 Å². The maximum absolute atomic E-state index is 13.2. The Morgan fingerprint density at radius 1 is 1.14 bits per heavy atom. The lowest BCUT2D eigenvalue weighted by molar-refractivity contribution is -0.140. The molecule has 0 atom stereocenters. The Bertz CT molecular complexity index is 1270. The van der Waals surface area contributed by atoms with Gasteiger partial charge in [0.05, 0.1) is 5.56 Å². The summed E-state index contributed by atoms with van der Waals surface area (Å²) in [6, 6.07) is 2.43. The van der Waals surface area contributed by atoms with Gasteiger partial charge in [-0.05, 0) is 26.0 Å². The third kappa shape index (κ3) is 6.38. The summed E-state index contributed by atoms with van der Waals surface area (Å²) in [5, 5.41) is 6.06. The Balaban J connectivity index is 2.09. The van der Waals surface area contributed by atoms with E-state index >= 15 is 0 Å². The molecule has 3 aromatic rings. The number of nitrogens with one attached hydrogen (secondary N) is 2. The van der Waals surface area contributed by atoms with E-state index in [1.165, 1.54) is 30.7 Å². The molecule has 0 saturated carbocycles. The first-order chi connectivity index (χ1) is 16.5. The molecule has 0 aliphatic carbocycles. The van der Waals surface area contributed by atoms with Crippen LogP contribution in [0.15, 0.2) is 41.1 Å². The molecule has 9 nitrogen and oxygen atoms in total. The third-order valence-corrected chi connectivity index (χ3v) is 5.59. The van der Waals surface area contributed by atoms with Crippen LogP contribution in [0.2, 0.25) is 0 Å². The molecule has 0 aromatic carbocycles. The van der Waals surface area contributed by atoms with Crippen molar-refractivity contribution in [3.8, 4) is 21.7 Å². The van der Waals surface area contributed by atoms with E-state index in [0.717, 1.165) is 16.7 Å². The molecule has 3 aromatic heterocycles. The Kier molecular flexibility index (Phi) is 7.79. The molecule has 2 N–H and O–H groups in total. The minimum atomic E-state index is -4.61. The number of carbonyl (C=O) groups is 2. The summed E-state index contributed by atoms with van der Waals surface area (Å²) in [5.41, 5.74) is 0.240. The van der Waals surface area contributed by atoms with Crippen molar-refractivity contribution in [3.05, 3.63) is 47.4 Å². The van der Waals surface area contributed by atoms with Crippen LogP contribution >= 0.6 is 11.3 Å². The lowest BCUT2D eigenvalue weighted by Crippen LogP contribution is -2.28. The van der Waals surface area contributed by atoms with Crippen LogP contribution in [0.1, 0.15) is 29.9 Å². The van der Waals surface area contributed by atoms with E-state index in [-0.39, 0.29) is 22.0 Å². The third-order valence-electron chi connectivity index (χ3n) is 4.71. The fourth-order valence-corrected chi connectivity index (χ4v) is 3.65. The molecule has 0 bridgehead atoms. The molecule has 3 heterocycles. The van der Waals surface area contributed by atoms with Gasteiger partial charge in [0.1, 0.15) is 16.7 Å². The summed E-state index contributed by atoms with van der Waals surface area (Å²) in [7, 11) is 3.50. The molecular formula is C22H22F3N7O2S. The molecule has 184 valence electrons. The number of aliphatic imine (C=N–C) groups is 1. The van der Waals surface area contributed by atoms with Crippen molar-refractivity contribution in [2.24, 2.45) is 4.99 Å². The Labute approximate surface area is 203 Å². The summed E-state index contributed by atoms with van der Waals surface area (Å²) in [4.78, 5) is 42.2. The van der Waals surface area contributed by atoms with E-state index in [2.05, 4.69) is 30.6 Å². The van der Waals surface area contributed by atoms with E-state index in [9.17, 15) is 22.8 Å². The number of urea groups is 1. The lowest BCUT2D eigenvalue weighted by Gasteiger charge is -2.12.